The van der Waals surface area contributed by atoms with Gasteiger partial charge in [-0.25, -0.2) is 15.1 Å². The number of aliphatic hydroxyl groups is 2. The zero-order valence-corrected chi connectivity index (χ0v) is 35.8. The standard InChI is InChI=1S/C45H80N6O6/c1-3-38-22-16-17-28-45(57-38)33-36-25-26-40-42(39(23-19-21-35(2)52)48-44(49-45)51(36)40)43(55)56-32-18-14-12-10-8-6-4-5-7-9-11-13-15-24-41(54)50(31-20-29-46)34-37(53)27-30-47/h16,22,35-38,44,49,52-53H,3-15,17-21,23-34,46-47H2,1-2H3/p+1/t35?,36?,37?,38-,44?,45-/m0/s1. The Hall–Kier alpha value is -2.19. The van der Waals surface area contributed by atoms with Crippen molar-refractivity contribution >= 4 is 17.6 Å². The fourth-order valence-corrected chi connectivity index (χ4v) is 9.29. The predicted octanol–water partition coefficient (Wildman–Crippen LogP) is 5.30. The molecule has 4 heterocycles. The van der Waals surface area contributed by atoms with Crippen LogP contribution in [0.2, 0.25) is 0 Å². The molecule has 7 atom stereocenters. The number of amides is 1. The first-order chi connectivity index (χ1) is 27.7. The van der Waals surface area contributed by atoms with E-state index in [-0.39, 0.29) is 30.4 Å². The van der Waals surface area contributed by atoms with Gasteiger partial charge in [-0.15, -0.1) is 0 Å². The average Bonchev–Trinajstić information content (AvgIpc) is 3.50. The van der Waals surface area contributed by atoms with E-state index in [1.807, 2.05) is 6.92 Å². The Labute approximate surface area is 344 Å². The highest BCUT2D eigenvalue weighted by Gasteiger charge is 2.55. The number of carbonyl (C=O) groups is 2. The maximum atomic E-state index is 13.8. The number of aliphatic imine (C=N–C) groups is 1. The third-order valence-electron chi connectivity index (χ3n) is 12.4. The Morgan fingerprint density at radius 1 is 0.982 bits per heavy atom. The summed E-state index contributed by atoms with van der Waals surface area (Å²) >= 11 is 0. The molecule has 57 heavy (non-hydrogen) atoms. The summed E-state index contributed by atoms with van der Waals surface area (Å²) in [6, 6.07) is 0.360. The quantitative estimate of drug-likeness (QED) is 0.0333. The second-order valence-corrected chi connectivity index (χ2v) is 17.3. The van der Waals surface area contributed by atoms with E-state index >= 15 is 0 Å². The van der Waals surface area contributed by atoms with Gasteiger partial charge in [0.1, 0.15) is 17.0 Å². The molecule has 0 aromatic heterocycles. The number of nitrogens with two attached hydrogens (primary N) is 2. The monoisotopic (exact) mass is 802 g/mol. The topological polar surface area (TPSA) is 177 Å². The number of hydrogen-bond acceptors (Lipinski definition) is 10. The van der Waals surface area contributed by atoms with Crippen LogP contribution < -0.4 is 21.7 Å². The van der Waals surface area contributed by atoms with Gasteiger partial charge < -0.3 is 36.1 Å². The molecular formula is C45H81N6O6+. The molecule has 1 amide bonds. The SMILES string of the molecule is CC[C@H]1C=CCC[C@@]2(CC3CCC4=C(C(=O)OCCCCCCCCCCCCCCCC(=O)N(CCCN)CC(O)CCN)C(CCCC(C)O)=NC(N2)[NH+]43)O1. The van der Waals surface area contributed by atoms with Crippen LogP contribution in [-0.4, -0.2) is 102 Å². The number of hydrogen-bond donors (Lipinski definition) is 6. The van der Waals surface area contributed by atoms with Crippen LogP contribution in [0.15, 0.2) is 28.4 Å². The van der Waals surface area contributed by atoms with E-state index in [4.69, 9.17) is 25.9 Å². The number of quaternary nitrogens is 1. The third kappa shape index (κ3) is 15.7. The summed E-state index contributed by atoms with van der Waals surface area (Å²) < 4.78 is 12.7. The number of esters is 1. The minimum atomic E-state index is -0.567. The lowest BCUT2D eigenvalue weighted by molar-refractivity contribution is -0.916. The van der Waals surface area contributed by atoms with E-state index in [9.17, 15) is 19.8 Å². The van der Waals surface area contributed by atoms with Crippen LogP contribution in [0.3, 0.4) is 0 Å². The highest BCUT2D eigenvalue weighted by atomic mass is 16.5. The van der Waals surface area contributed by atoms with Crippen LogP contribution in [-0.2, 0) is 19.1 Å². The van der Waals surface area contributed by atoms with Gasteiger partial charge in [0.25, 0.3) is 0 Å². The molecule has 2 fully saturated rings. The summed E-state index contributed by atoms with van der Waals surface area (Å²) in [7, 11) is 0. The second kappa shape index (κ2) is 26.1. The Morgan fingerprint density at radius 3 is 2.32 bits per heavy atom. The highest BCUT2D eigenvalue weighted by Crippen LogP contribution is 2.35. The fourth-order valence-electron chi connectivity index (χ4n) is 9.29. The van der Waals surface area contributed by atoms with Crippen molar-refractivity contribution in [3.8, 4) is 0 Å². The molecular weight excluding hydrogens is 721 g/mol. The number of allylic oxidation sites excluding steroid dienone is 2. The van der Waals surface area contributed by atoms with Crippen LogP contribution >= 0.6 is 0 Å². The predicted molar refractivity (Wildman–Crippen MR) is 227 cm³/mol. The second-order valence-electron chi connectivity index (χ2n) is 17.3. The fraction of sp³-hybridized carbons (Fsp3) is 0.844. The Bertz CT molecular complexity index is 1290. The highest BCUT2D eigenvalue weighted by molar-refractivity contribution is 6.20. The summed E-state index contributed by atoms with van der Waals surface area (Å²) in [5.41, 5.74) is 13.5. The van der Waals surface area contributed by atoms with E-state index in [1.165, 1.54) is 49.8 Å². The molecule has 12 nitrogen and oxygen atoms in total. The molecule has 0 saturated carbocycles. The van der Waals surface area contributed by atoms with Crippen molar-refractivity contribution in [3.05, 3.63) is 23.4 Å². The number of aliphatic hydroxyl groups excluding tert-OH is 2. The zero-order chi connectivity index (χ0) is 40.9. The zero-order valence-electron chi connectivity index (χ0n) is 35.8. The molecule has 4 aliphatic heterocycles. The largest absolute Gasteiger partial charge is 0.462 e. The van der Waals surface area contributed by atoms with Crippen molar-refractivity contribution in [2.75, 3.05) is 32.8 Å². The van der Waals surface area contributed by atoms with E-state index in [0.717, 1.165) is 101 Å². The number of unbranched alkanes of at least 4 members (excludes halogenated alkanes) is 12. The Morgan fingerprint density at radius 2 is 1.67 bits per heavy atom. The molecule has 1 spiro atoms. The lowest BCUT2D eigenvalue weighted by atomic mass is 9.93. The molecule has 12 heteroatoms. The van der Waals surface area contributed by atoms with Gasteiger partial charge in [-0.1, -0.05) is 89.7 Å². The summed E-state index contributed by atoms with van der Waals surface area (Å²) in [6.45, 7) is 6.34. The first kappa shape index (κ1) is 47.5. The normalized spacial score (nSPS) is 25.3. The van der Waals surface area contributed by atoms with Gasteiger partial charge in [0.15, 0.2) is 0 Å². The van der Waals surface area contributed by atoms with Gasteiger partial charge in [0, 0.05) is 38.8 Å². The first-order valence-electron chi connectivity index (χ1n) is 23.2. The summed E-state index contributed by atoms with van der Waals surface area (Å²) in [4.78, 5) is 34.7. The Balaban J connectivity index is 1.08. The number of ether oxygens (including phenoxy) is 2. The third-order valence-corrected chi connectivity index (χ3v) is 12.4. The lowest BCUT2D eigenvalue weighted by Gasteiger charge is -2.47. The summed E-state index contributed by atoms with van der Waals surface area (Å²) in [5.74, 6) is -0.104. The molecule has 8 N–H and O–H groups in total. The van der Waals surface area contributed by atoms with Gasteiger partial charge in [0.2, 0.25) is 12.2 Å². The Kier molecular flexibility index (Phi) is 21.8. The minimum absolute atomic E-state index is 0.102. The van der Waals surface area contributed by atoms with E-state index in [0.29, 0.717) is 70.1 Å². The average molecular weight is 802 g/mol. The van der Waals surface area contributed by atoms with Gasteiger partial charge in [-0.2, -0.15) is 0 Å². The smallest absolute Gasteiger partial charge is 0.345 e. The van der Waals surface area contributed by atoms with Gasteiger partial charge in [-0.3, -0.25) is 9.69 Å². The van der Waals surface area contributed by atoms with E-state index < -0.39 is 11.8 Å². The maximum Gasteiger partial charge on any atom is 0.345 e. The van der Waals surface area contributed by atoms with Crippen LogP contribution in [0.4, 0.5) is 0 Å². The number of nitrogens with zero attached hydrogens (tertiary/aromatic N) is 2. The van der Waals surface area contributed by atoms with E-state index in [1.54, 1.807) is 4.90 Å². The molecule has 0 aliphatic carbocycles. The minimum Gasteiger partial charge on any atom is -0.462 e. The van der Waals surface area contributed by atoms with Crippen LogP contribution in [0.1, 0.15) is 174 Å². The molecule has 326 valence electrons. The van der Waals surface area contributed by atoms with Crippen molar-refractivity contribution in [2.24, 2.45) is 16.5 Å². The molecule has 4 rings (SSSR count). The van der Waals surface area contributed by atoms with Crippen molar-refractivity contribution in [2.45, 2.75) is 211 Å². The molecule has 0 aromatic rings. The molecule has 5 unspecified atom stereocenters. The number of carbonyl (C=O) groups excluding carboxylic acids is 2. The summed E-state index contributed by atoms with van der Waals surface area (Å²) in [6.07, 6.45) is 28.0. The molecule has 0 bridgehead atoms. The lowest BCUT2D eigenvalue weighted by Crippen LogP contribution is -3.20. The van der Waals surface area contributed by atoms with Crippen molar-refractivity contribution in [3.63, 3.8) is 0 Å². The number of nitrogens with one attached hydrogen (secondary N) is 2. The number of rotatable bonds is 29. The van der Waals surface area contributed by atoms with E-state index in [2.05, 4.69) is 24.4 Å². The van der Waals surface area contributed by atoms with Crippen molar-refractivity contribution < 1.29 is 34.2 Å². The van der Waals surface area contributed by atoms with Crippen LogP contribution in [0, 0.1) is 0 Å². The van der Waals surface area contributed by atoms with Crippen molar-refractivity contribution in [1.82, 2.24) is 10.2 Å². The van der Waals surface area contributed by atoms with Crippen LogP contribution in [0.25, 0.3) is 0 Å². The first-order valence-corrected chi connectivity index (χ1v) is 23.2. The molecule has 0 radical (unpaired) electrons. The van der Waals surface area contributed by atoms with Gasteiger partial charge in [0.05, 0.1) is 36.7 Å². The van der Waals surface area contributed by atoms with Gasteiger partial charge >= 0.3 is 5.97 Å². The van der Waals surface area contributed by atoms with Gasteiger partial charge in [-0.05, 0) is 84.2 Å². The molecule has 4 aliphatic rings. The molecule has 0 aromatic carbocycles. The van der Waals surface area contributed by atoms with Crippen LogP contribution in [0.5, 0.6) is 0 Å². The summed E-state index contributed by atoms with van der Waals surface area (Å²) in [5, 5.41) is 23.9. The van der Waals surface area contributed by atoms with Crippen molar-refractivity contribution in [1.29, 1.82) is 0 Å². The molecule has 2 saturated heterocycles. The maximum absolute atomic E-state index is 13.8.